The Morgan fingerprint density at radius 1 is 1.19 bits per heavy atom. The first kappa shape index (κ1) is 20.8. The lowest BCUT2D eigenvalue weighted by Crippen LogP contribution is -2.47. The van der Waals surface area contributed by atoms with Crippen molar-refractivity contribution in [3.63, 3.8) is 0 Å². The van der Waals surface area contributed by atoms with Gasteiger partial charge in [0.2, 0.25) is 5.91 Å². The monoisotopic (exact) mass is 373 g/mol. The molecule has 0 radical (unpaired) electrons. The lowest BCUT2D eigenvalue weighted by atomic mass is 10.1. The van der Waals surface area contributed by atoms with Crippen molar-refractivity contribution in [1.29, 1.82) is 0 Å². The molecular weight excluding hydrogens is 342 g/mol. The Bertz CT molecular complexity index is 734. The van der Waals surface area contributed by atoms with Crippen molar-refractivity contribution in [1.82, 2.24) is 14.4 Å². The van der Waals surface area contributed by atoms with Gasteiger partial charge in [-0.15, -0.1) is 0 Å². The van der Waals surface area contributed by atoms with Gasteiger partial charge in [0.1, 0.15) is 6.54 Å². The first-order valence-electron chi connectivity index (χ1n) is 9.55. The Hall–Kier alpha value is -2.50. The molecule has 0 aliphatic rings. The van der Waals surface area contributed by atoms with E-state index < -0.39 is 0 Å². The molecule has 0 aliphatic carbocycles. The van der Waals surface area contributed by atoms with Crippen LogP contribution in [-0.2, 0) is 18.4 Å². The second kappa shape index (κ2) is 9.44. The van der Waals surface area contributed by atoms with E-state index >= 15 is 0 Å². The van der Waals surface area contributed by atoms with E-state index in [1.165, 1.54) is 6.26 Å². The molecule has 2 aromatic rings. The molecule has 0 fully saturated rings. The fourth-order valence-electron chi connectivity index (χ4n) is 2.99. The molecule has 2 amide bonds. The van der Waals surface area contributed by atoms with Crippen molar-refractivity contribution in [2.45, 2.75) is 46.7 Å². The summed E-state index contributed by atoms with van der Waals surface area (Å²) in [6.07, 6.45) is 4.21. The molecule has 0 bridgehead atoms. The first-order valence-corrected chi connectivity index (χ1v) is 9.55. The molecule has 148 valence electrons. The number of hydrogen-bond acceptors (Lipinski definition) is 3. The molecule has 1 atom stereocenters. The molecule has 0 aromatic carbocycles. The van der Waals surface area contributed by atoms with E-state index in [0.717, 1.165) is 12.1 Å². The number of aromatic nitrogens is 1. The molecule has 6 heteroatoms. The van der Waals surface area contributed by atoms with Crippen LogP contribution in [0.1, 0.15) is 50.4 Å². The molecular formula is C21H31N3O3. The number of amides is 2. The first-order chi connectivity index (χ1) is 12.8. The average molecular weight is 373 g/mol. The molecule has 1 unspecified atom stereocenters. The Morgan fingerprint density at radius 3 is 2.44 bits per heavy atom. The predicted molar refractivity (Wildman–Crippen MR) is 105 cm³/mol. The minimum atomic E-state index is -0.244. The Balaban J connectivity index is 2.18. The van der Waals surface area contributed by atoms with Crippen molar-refractivity contribution >= 4 is 11.8 Å². The molecule has 0 aliphatic heterocycles. The number of carbonyl (C=O) groups is 2. The van der Waals surface area contributed by atoms with Gasteiger partial charge in [-0.1, -0.05) is 20.8 Å². The summed E-state index contributed by atoms with van der Waals surface area (Å²) in [4.78, 5) is 29.4. The van der Waals surface area contributed by atoms with Crippen molar-refractivity contribution in [2.24, 2.45) is 13.0 Å². The van der Waals surface area contributed by atoms with E-state index in [-0.39, 0.29) is 30.2 Å². The molecule has 0 N–H and O–H groups in total. The van der Waals surface area contributed by atoms with E-state index in [0.29, 0.717) is 19.0 Å². The third kappa shape index (κ3) is 5.49. The van der Waals surface area contributed by atoms with Crippen molar-refractivity contribution in [3.05, 3.63) is 48.2 Å². The van der Waals surface area contributed by atoms with Gasteiger partial charge in [-0.3, -0.25) is 9.59 Å². The average Bonchev–Trinajstić information content (AvgIpc) is 3.29. The smallest absolute Gasteiger partial charge is 0.290 e. The minimum Gasteiger partial charge on any atom is -0.459 e. The number of hydrogen-bond donors (Lipinski definition) is 0. The number of nitrogens with zero attached hydrogens (tertiary/aromatic N) is 3. The van der Waals surface area contributed by atoms with Gasteiger partial charge >= 0.3 is 0 Å². The summed E-state index contributed by atoms with van der Waals surface area (Å²) in [6.45, 7) is 9.37. The second-order valence-electron chi connectivity index (χ2n) is 7.45. The van der Waals surface area contributed by atoms with Crippen LogP contribution in [0.4, 0.5) is 0 Å². The zero-order chi connectivity index (χ0) is 20.0. The van der Waals surface area contributed by atoms with Crippen LogP contribution < -0.4 is 0 Å². The van der Waals surface area contributed by atoms with E-state index in [4.69, 9.17) is 4.42 Å². The van der Waals surface area contributed by atoms with Crippen LogP contribution >= 0.6 is 0 Å². The van der Waals surface area contributed by atoms with Gasteiger partial charge in [0.25, 0.3) is 5.91 Å². The van der Waals surface area contributed by atoms with Gasteiger partial charge < -0.3 is 18.8 Å². The summed E-state index contributed by atoms with van der Waals surface area (Å²) < 4.78 is 7.27. The maximum absolute atomic E-state index is 13.1. The van der Waals surface area contributed by atoms with E-state index in [2.05, 4.69) is 13.8 Å². The Morgan fingerprint density at radius 2 is 1.93 bits per heavy atom. The highest BCUT2D eigenvalue weighted by Crippen LogP contribution is 2.14. The number of rotatable bonds is 9. The van der Waals surface area contributed by atoms with Crippen LogP contribution in [0.5, 0.6) is 0 Å². The Labute approximate surface area is 161 Å². The zero-order valence-corrected chi connectivity index (χ0v) is 17.0. The number of aryl methyl sites for hydroxylation is 1. The molecule has 2 rings (SSSR count). The maximum atomic E-state index is 13.1. The normalized spacial score (nSPS) is 12.2. The summed E-state index contributed by atoms with van der Waals surface area (Å²) in [7, 11) is 1.97. The third-order valence-electron chi connectivity index (χ3n) is 4.76. The molecule has 6 nitrogen and oxygen atoms in total. The van der Waals surface area contributed by atoms with Gasteiger partial charge in [0.15, 0.2) is 5.76 Å². The molecule has 27 heavy (non-hydrogen) atoms. The predicted octanol–water partition coefficient (Wildman–Crippen LogP) is 3.54. The van der Waals surface area contributed by atoms with Crippen LogP contribution in [0.3, 0.4) is 0 Å². The van der Waals surface area contributed by atoms with Crippen molar-refractivity contribution in [3.8, 4) is 0 Å². The summed E-state index contributed by atoms with van der Waals surface area (Å²) in [5.74, 6) is 0.309. The standard InChI is InChI=1S/C21H31N3O3/c1-6-17(4)24(21(26)19-10-8-12-27-19)15-20(25)23(13-16(2)3)14-18-9-7-11-22(18)5/h7-12,16-17H,6,13-15H2,1-5H3. The molecule has 0 saturated carbocycles. The maximum Gasteiger partial charge on any atom is 0.290 e. The van der Waals surface area contributed by atoms with Crippen LogP contribution in [0, 0.1) is 5.92 Å². The van der Waals surface area contributed by atoms with Crippen molar-refractivity contribution in [2.75, 3.05) is 13.1 Å². The largest absolute Gasteiger partial charge is 0.459 e. The molecule has 0 saturated heterocycles. The van der Waals surface area contributed by atoms with E-state index in [1.54, 1.807) is 17.0 Å². The van der Waals surface area contributed by atoms with Crippen LogP contribution in [0.2, 0.25) is 0 Å². The lowest BCUT2D eigenvalue weighted by molar-refractivity contribution is -0.133. The highest BCUT2D eigenvalue weighted by atomic mass is 16.3. The van der Waals surface area contributed by atoms with Gasteiger partial charge in [-0.25, -0.2) is 0 Å². The second-order valence-corrected chi connectivity index (χ2v) is 7.45. The summed E-state index contributed by atoms with van der Waals surface area (Å²) in [6, 6.07) is 7.25. The van der Waals surface area contributed by atoms with Crippen LogP contribution in [0.25, 0.3) is 0 Å². The van der Waals surface area contributed by atoms with E-state index in [9.17, 15) is 9.59 Å². The zero-order valence-electron chi connectivity index (χ0n) is 17.0. The quantitative estimate of drug-likeness (QED) is 0.675. The fourth-order valence-corrected chi connectivity index (χ4v) is 2.99. The van der Waals surface area contributed by atoms with Gasteiger partial charge in [-0.05, 0) is 43.5 Å². The summed E-state index contributed by atoms with van der Waals surface area (Å²) in [5, 5.41) is 0. The minimum absolute atomic E-state index is 0.0473. The SMILES string of the molecule is CCC(C)N(CC(=O)N(Cc1cccn1C)CC(C)C)C(=O)c1ccco1. The molecule has 2 aromatic heterocycles. The summed E-state index contributed by atoms with van der Waals surface area (Å²) in [5.41, 5.74) is 1.07. The molecule has 0 spiro atoms. The van der Waals surface area contributed by atoms with Gasteiger partial charge in [0.05, 0.1) is 12.8 Å². The number of furan rings is 1. The Kier molecular flexibility index (Phi) is 7.28. The van der Waals surface area contributed by atoms with Gasteiger partial charge in [0, 0.05) is 31.5 Å². The lowest BCUT2D eigenvalue weighted by Gasteiger charge is -2.31. The van der Waals surface area contributed by atoms with Crippen LogP contribution in [0.15, 0.2) is 41.1 Å². The highest BCUT2D eigenvalue weighted by molar-refractivity contribution is 5.94. The topological polar surface area (TPSA) is 58.7 Å². The molecule has 2 heterocycles. The van der Waals surface area contributed by atoms with Crippen molar-refractivity contribution < 1.29 is 14.0 Å². The third-order valence-corrected chi connectivity index (χ3v) is 4.76. The van der Waals surface area contributed by atoms with Gasteiger partial charge in [-0.2, -0.15) is 0 Å². The van der Waals surface area contributed by atoms with E-state index in [1.807, 2.05) is 48.7 Å². The fraction of sp³-hybridized carbons (Fsp3) is 0.524. The number of carbonyl (C=O) groups excluding carboxylic acids is 2. The summed E-state index contributed by atoms with van der Waals surface area (Å²) >= 11 is 0. The highest BCUT2D eigenvalue weighted by Gasteiger charge is 2.27. The van der Waals surface area contributed by atoms with Crippen LogP contribution in [-0.4, -0.2) is 45.3 Å².